The van der Waals surface area contributed by atoms with Crippen molar-refractivity contribution >= 4 is 17.4 Å². The van der Waals surface area contributed by atoms with Crippen LogP contribution in [0.25, 0.3) is 5.76 Å². The Kier molecular flexibility index (Phi) is 5.83. The quantitative estimate of drug-likeness (QED) is 0.463. The molecule has 28 heavy (non-hydrogen) atoms. The van der Waals surface area contributed by atoms with Crippen LogP contribution < -0.4 is 4.74 Å². The number of benzene rings is 2. The number of hydrogen-bond acceptors (Lipinski definition) is 4. The summed E-state index contributed by atoms with van der Waals surface area (Å²) >= 11 is 0. The molecule has 0 bridgehead atoms. The van der Waals surface area contributed by atoms with Crippen molar-refractivity contribution in [2.45, 2.75) is 32.7 Å². The van der Waals surface area contributed by atoms with E-state index in [0.717, 1.165) is 24.0 Å². The van der Waals surface area contributed by atoms with Gasteiger partial charge in [-0.25, -0.2) is 0 Å². The summed E-state index contributed by atoms with van der Waals surface area (Å²) in [6, 6.07) is 13.9. The van der Waals surface area contributed by atoms with E-state index < -0.39 is 17.7 Å². The number of aryl methyl sites for hydroxylation is 1. The standard InChI is InChI=1S/C23H25NO4/c1-4-5-14-24-20(18-9-7-6-8-15(18)2)19(22(26)23(24)27)21(25)16-10-12-17(28-3)13-11-16/h6-13,20,25H,4-5,14H2,1-3H3/b21-19-. The number of rotatable bonds is 6. The Labute approximate surface area is 165 Å². The lowest BCUT2D eigenvalue weighted by atomic mass is 9.92. The highest BCUT2D eigenvalue weighted by atomic mass is 16.5. The predicted octanol–water partition coefficient (Wildman–Crippen LogP) is 4.23. The Morgan fingerprint density at radius 2 is 1.79 bits per heavy atom. The molecule has 1 unspecified atom stereocenters. The molecule has 1 aliphatic rings. The van der Waals surface area contributed by atoms with Gasteiger partial charge in [0.1, 0.15) is 11.5 Å². The number of unbranched alkanes of at least 4 members (excludes halogenated alkanes) is 1. The normalized spacial score (nSPS) is 18.5. The highest BCUT2D eigenvalue weighted by Crippen LogP contribution is 2.40. The maximum Gasteiger partial charge on any atom is 0.295 e. The number of ketones is 1. The summed E-state index contributed by atoms with van der Waals surface area (Å²) in [6.45, 7) is 4.46. The van der Waals surface area contributed by atoms with E-state index in [4.69, 9.17) is 4.74 Å². The summed E-state index contributed by atoms with van der Waals surface area (Å²) in [6.07, 6.45) is 1.69. The lowest BCUT2D eigenvalue weighted by molar-refractivity contribution is -0.139. The van der Waals surface area contributed by atoms with Crippen molar-refractivity contribution in [3.8, 4) is 5.75 Å². The molecule has 1 aliphatic heterocycles. The second-order valence-corrected chi connectivity index (χ2v) is 6.93. The maximum absolute atomic E-state index is 12.9. The molecule has 5 nitrogen and oxygen atoms in total. The average molecular weight is 379 g/mol. The van der Waals surface area contributed by atoms with Gasteiger partial charge in [0.2, 0.25) is 0 Å². The topological polar surface area (TPSA) is 66.8 Å². The first-order valence-corrected chi connectivity index (χ1v) is 9.48. The zero-order chi connectivity index (χ0) is 20.3. The Hall–Kier alpha value is -3.08. The number of hydrogen-bond donors (Lipinski definition) is 1. The van der Waals surface area contributed by atoms with Gasteiger partial charge >= 0.3 is 0 Å². The summed E-state index contributed by atoms with van der Waals surface area (Å²) in [5.41, 5.74) is 2.44. The first-order chi connectivity index (χ1) is 13.5. The number of likely N-dealkylation sites (tertiary alicyclic amines) is 1. The van der Waals surface area contributed by atoms with Crippen molar-refractivity contribution in [2.75, 3.05) is 13.7 Å². The second-order valence-electron chi connectivity index (χ2n) is 6.93. The molecule has 0 radical (unpaired) electrons. The molecule has 0 spiro atoms. The van der Waals surface area contributed by atoms with Crippen LogP contribution in [-0.2, 0) is 9.59 Å². The zero-order valence-corrected chi connectivity index (χ0v) is 16.4. The largest absolute Gasteiger partial charge is 0.507 e. The highest BCUT2D eigenvalue weighted by molar-refractivity contribution is 6.46. The number of carbonyl (C=O) groups is 2. The Bertz CT molecular complexity index is 914. The summed E-state index contributed by atoms with van der Waals surface area (Å²) in [4.78, 5) is 27.2. The molecular weight excluding hydrogens is 354 g/mol. The number of nitrogens with zero attached hydrogens (tertiary/aromatic N) is 1. The number of ether oxygens (including phenoxy) is 1. The third-order valence-corrected chi connectivity index (χ3v) is 5.14. The number of Topliss-reactive ketones (excluding diaryl/α,β-unsaturated/α-hetero) is 1. The average Bonchev–Trinajstić information content (AvgIpc) is 2.96. The van der Waals surface area contributed by atoms with Crippen molar-refractivity contribution < 1.29 is 19.4 Å². The minimum atomic E-state index is -0.641. The minimum Gasteiger partial charge on any atom is -0.507 e. The summed E-state index contributed by atoms with van der Waals surface area (Å²) in [5, 5.41) is 11.0. The minimum absolute atomic E-state index is 0.139. The monoisotopic (exact) mass is 379 g/mol. The lowest BCUT2D eigenvalue weighted by Crippen LogP contribution is -2.30. The van der Waals surface area contributed by atoms with E-state index in [1.54, 1.807) is 36.3 Å². The van der Waals surface area contributed by atoms with E-state index >= 15 is 0 Å². The fraction of sp³-hybridized carbons (Fsp3) is 0.304. The Morgan fingerprint density at radius 3 is 2.39 bits per heavy atom. The van der Waals surface area contributed by atoms with Crippen LogP contribution >= 0.6 is 0 Å². The second kappa shape index (κ2) is 8.30. The molecule has 146 valence electrons. The van der Waals surface area contributed by atoms with Gasteiger partial charge in [0.15, 0.2) is 0 Å². The number of aliphatic hydroxyl groups is 1. The van der Waals surface area contributed by atoms with Crippen LogP contribution in [-0.4, -0.2) is 35.4 Å². The zero-order valence-electron chi connectivity index (χ0n) is 16.4. The molecule has 0 saturated carbocycles. The van der Waals surface area contributed by atoms with Crippen molar-refractivity contribution in [1.82, 2.24) is 4.90 Å². The van der Waals surface area contributed by atoms with E-state index in [2.05, 4.69) is 0 Å². The van der Waals surface area contributed by atoms with Gasteiger partial charge in [-0.2, -0.15) is 0 Å². The van der Waals surface area contributed by atoms with Crippen LogP contribution in [0.15, 0.2) is 54.1 Å². The molecular formula is C23H25NO4. The van der Waals surface area contributed by atoms with E-state index in [0.29, 0.717) is 17.9 Å². The SMILES string of the molecule is CCCCN1C(=O)C(=O)/C(=C(\O)c2ccc(OC)cc2)C1c1ccccc1C. The van der Waals surface area contributed by atoms with Crippen molar-refractivity contribution in [2.24, 2.45) is 0 Å². The van der Waals surface area contributed by atoms with Crippen LogP contribution in [0.4, 0.5) is 0 Å². The summed E-state index contributed by atoms with van der Waals surface area (Å²) in [7, 11) is 1.56. The van der Waals surface area contributed by atoms with E-state index in [9.17, 15) is 14.7 Å². The Balaban J connectivity index is 2.16. The number of amides is 1. The third kappa shape index (κ3) is 3.52. The Morgan fingerprint density at radius 1 is 1.11 bits per heavy atom. The van der Waals surface area contributed by atoms with Gasteiger partial charge in [0.05, 0.1) is 18.7 Å². The molecule has 5 heteroatoms. The lowest BCUT2D eigenvalue weighted by Gasteiger charge is -2.26. The van der Waals surface area contributed by atoms with Gasteiger partial charge in [-0.3, -0.25) is 9.59 Å². The number of aliphatic hydroxyl groups excluding tert-OH is 1. The molecule has 1 saturated heterocycles. The molecule has 1 heterocycles. The molecule has 1 atom stereocenters. The van der Waals surface area contributed by atoms with Crippen LogP contribution in [0.2, 0.25) is 0 Å². The van der Waals surface area contributed by atoms with E-state index in [-0.39, 0.29) is 11.3 Å². The van der Waals surface area contributed by atoms with Crippen LogP contribution in [0.3, 0.4) is 0 Å². The first kappa shape index (κ1) is 19.7. The molecule has 1 amide bonds. The van der Waals surface area contributed by atoms with Crippen molar-refractivity contribution in [3.05, 3.63) is 70.8 Å². The molecule has 1 N–H and O–H groups in total. The van der Waals surface area contributed by atoms with Crippen molar-refractivity contribution in [1.29, 1.82) is 0 Å². The smallest absolute Gasteiger partial charge is 0.295 e. The molecule has 0 aliphatic carbocycles. The van der Waals surface area contributed by atoms with Gasteiger partial charge in [-0.05, 0) is 48.7 Å². The first-order valence-electron chi connectivity index (χ1n) is 9.48. The van der Waals surface area contributed by atoms with Crippen LogP contribution in [0.5, 0.6) is 5.75 Å². The third-order valence-electron chi connectivity index (χ3n) is 5.14. The van der Waals surface area contributed by atoms with Crippen LogP contribution in [0, 0.1) is 6.92 Å². The van der Waals surface area contributed by atoms with E-state index in [1.165, 1.54) is 0 Å². The van der Waals surface area contributed by atoms with Crippen LogP contribution in [0.1, 0.15) is 42.5 Å². The fourth-order valence-corrected chi connectivity index (χ4v) is 3.56. The van der Waals surface area contributed by atoms with Gasteiger partial charge in [0, 0.05) is 12.1 Å². The molecule has 3 rings (SSSR count). The fourth-order valence-electron chi connectivity index (χ4n) is 3.56. The van der Waals surface area contributed by atoms with Gasteiger partial charge < -0.3 is 14.7 Å². The predicted molar refractivity (Wildman–Crippen MR) is 108 cm³/mol. The molecule has 0 aromatic heterocycles. The number of methoxy groups -OCH3 is 1. The molecule has 2 aromatic rings. The van der Waals surface area contributed by atoms with E-state index in [1.807, 2.05) is 38.1 Å². The van der Waals surface area contributed by atoms with Gasteiger partial charge in [0.25, 0.3) is 11.7 Å². The van der Waals surface area contributed by atoms with Gasteiger partial charge in [-0.1, -0.05) is 37.6 Å². The highest BCUT2D eigenvalue weighted by Gasteiger charge is 2.46. The summed E-state index contributed by atoms with van der Waals surface area (Å²) in [5.74, 6) is -0.710. The van der Waals surface area contributed by atoms with Crippen molar-refractivity contribution in [3.63, 3.8) is 0 Å². The summed E-state index contributed by atoms with van der Waals surface area (Å²) < 4.78 is 5.15. The van der Waals surface area contributed by atoms with Gasteiger partial charge in [-0.15, -0.1) is 0 Å². The molecule has 2 aromatic carbocycles. The maximum atomic E-state index is 12.9. The molecule has 1 fully saturated rings. The number of carbonyl (C=O) groups excluding carboxylic acids is 2.